The number of benzene rings is 2. The fourth-order valence-corrected chi connectivity index (χ4v) is 2.64. The smallest absolute Gasteiger partial charge is 0.302 e. The summed E-state index contributed by atoms with van der Waals surface area (Å²) in [5.74, 6) is -0.0573. The molecule has 3 rings (SSSR count). The molecule has 0 amide bonds. The Morgan fingerprint density at radius 2 is 1.27 bits per heavy atom. The first-order chi connectivity index (χ1) is 10.8. The van der Waals surface area contributed by atoms with Crippen molar-refractivity contribution in [1.29, 1.82) is 0 Å². The van der Waals surface area contributed by atoms with Crippen molar-refractivity contribution in [2.45, 2.75) is 40.5 Å². The van der Waals surface area contributed by atoms with Gasteiger partial charge in [0.1, 0.15) is 6.61 Å². The standard InChI is InChI=1S/C16H14O2.2C2H6/c1-11(17)18-10-16-14-8-4-2-6-12(14)13-7-3-5-9-15(13)16;2*1-2/h2-9,16H,10H2,1H3;2*1-2H3. The van der Waals surface area contributed by atoms with E-state index in [0.717, 1.165) is 0 Å². The van der Waals surface area contributed by atoms with Crippen LogP contribution in [-0.2, 0) is 9.53 Å². The van der Waals surface area contributed by atoms with Crippen LogP contribution in [0.5, 0.6) is 0 Å². The number of ether oxygens (including phenoxy) is 1. The van der Waals surface area contributed by atoms with Gasteiger partial charge < -0.3 is 4.74 Å². The summed E-state index contributed by atoms with van der Waals surface area (Å²) in [6.07, 6.45) is 0. The van der Waals surface area contributed by atoms with E-state index in [1.54, 1.807) is 0 Å². The fraction of sp³-hybridized carbons (Fsp3) is 0.350. The number of carbonyl (C=O) groups excluding carboxylic acids is 1. The van der Waals surface area contributed by atoms with Gasteiger partial charge in [-0.2, -0.15) is 0 Å². The molecule has 2 nitrogen and oxygen atoms in total. The molecule has 0 atom stereocenters. The third-order valence-corrected chi connectivity index (χ3v) is 3.42. The second-order valence-corrected chi connectivity index (χ2v) is 4.53. The Kier molecular flexibility index (Phi) is 7.38. The van der Waals surface area contributed by atoms with E-state index in [1.807, 2.05) is 52.0 Å². The molecule has 2 aromatic carbocycles. The molecular weight excluding hydrogens is 272 g/mol. The molecule has 0 saturated carbocycles. The van der Waals surface area contributed by atoms with Gasteiger partial charge in [-0.05, 0) is 22.3 Å². The third-order valence-electron chi connectivity index (χ3n) is 3.42. The molecule has 0 unspecified atom stereocenters. The van der Waals surface area contributed by atoms with Gasteiger partial charge in [0.15, 0.2) is 0 Å². The van der Waals surface area contributed by atoms with Gasteiger partial charge in [0.2, 0.25) is 0 Å². The van der Waals surface area contributed by atoms with Gasteiger partial charge in [0.05, 0.1) is 0 Å². The number of hydrogen-bond donors (Lipinski definition) is 0. The number of fused-ring (bicyclic) bond motifs is 3. The van der Waals surface area contributed by atoms with Crippen molar-refractivity contribution < 1.29 is 9.53 Å². The molecule has 0 fully saturated rings. The Morgan fingerprint density at radius 3 is 1.68 bits per heavy atom. The predicted molar refractivity (Wildman–Crippen MR) is 93.1 cm³/mol. The van der Waals surface area contributed by atoms with Crippen molar-refractivity contribution >= 4 is 5.97 Å². The van der Waals surface area contributed by atoms with Crippen LogP contribution >= 0.6 is 0 Å². The van der Waals surface area contributed by atoms with Crippen LogP contribution in [0, 0.1) is 0 Å². The van der Waals surface area contributed by atoms with Crippen LogP contribution < -0.4 is 0 Å². The van der Waals surface area contributed by atoms with Crippen LogP contribution in [0.15, 0.2) is 48.5 Å². The number of hydrogen-bond acceptors (Lipinski definition) is 2. The van der Waals surface area contributed by atoms with Crippen molar-refractivity contribution in [2.75, 3.05) is 6.61 Å². The van der Waals surface area contributed by atoms with Crippen LogP contribution in [0.3, 0.4) is 0 Å². The van der Waals surface area contributed by atoms with Gasteiger partial charge in [0.25, 0.3) is 0 Å². The highest BCUT2D eigenvalue weighted by atomic mass is 16.5. The highest BCUT2D eigenvalue weighted by molar-refractivity contribution is 5.79. The Balaban J connectivity index is 0.000000561. The summed E-state index contributed by atoms with van der Waals surface area (Å²) in [5.41, 5.74) is 5.01. The van der Waals surface area contributed by atoms with Gasteiger partial charge >= 0.3 is 5.97 Å². The summed E-state index contributed by atoms with van der Waals surface area (Å²) in [7, 11) is 0. The zero-order valence-corrected chi connectivity index (χ0v) is 14.2. The summed E-state index contributed by atoms with van der Waals surface area (Å²) in [6, 6.07) is 16.6. The lowest BCUT2D eigenvalue weighted by atomic mass is 9.98. The molecule has 2 aromatic rings. The molecule has 1 aliphatic rings. The first-order valence-electron chi connectivity index (χ1n) is 8.09. The van der Waals surface area contributed by atoms with Gasteiger partial charge in [-0.3, -0.25) is 4.79 Å². The van der Waals surface area contributed by atoms with Crippen molar-refractivity contribution in [3.8, 4) is 11.1 Å². The molecule has 0 saturated heterocycles. The highest BCUT2D eigenvalue weighted by Crippen LogP contribution is 2.44. The van der Waals surface area contributed by atoms with Crippen LogP contribution in [-0.4, -0.2) is 12.6 Å². The van der Waals surface area contributed by atoms with Gasteiger partial charge in [-0.25, -0.2) is 0 Å². The molecule has 0 aliphatic heterocycles. The van der Waals surface area contributed by atoms with Crippen LogP contribution in [0.4, 0.5) is 0 Å². The van der Waals surface area contributed by atoms with E-state index in [0.29, 0.717) is 6.61 Å². The van der Waals surface area contributed by atoms with Crippen LogP contribution in [0.25, 0.3) is 11.1 Å². The minimum absolute atomic E-state index is 0.168. The second-order valence-electron chi connectivity index (χ2n) is 4.53. The predicted octanol–water partition coefficient (Wildman–Crippen LogP) is 5.41. The van der Waals surface area contributed by atoms with E-state index in [9.17, 15) is 4.79 Å². The number of esters is 1. The monoisotopic (exact) mass is 298 g/mol. The van der Waals surface area contributed by atoms with E-state index in [4.69, 9.17) is 4.74 Å². The van der Waals surface area contributed by atoms with E-state index in [2.05, 4.69) is 24.3 Å². The molecule has 118 valence electrons. The van der Waals surface area contributed by atoms with Crippen LogP contribution in [0.1, 0.15) is 51.7 Å². The molecule has 0 heterocycles. The Bertz CT molecular complexity index is 557. The summed E-state index contributed by atoms with van der Waals surface area (Å²) in [4.78, 5) is 11.0. The lowest BCUT2D eigenvalue weighted by Crippen LogP contribution is -2.09. The molecule has 0 aromatic heterocycles. The summed E-state index contributed by atoms with van der Waals surface area (Å²) in [6.45, 7) is 9.87. The lowest BCUT2D eigenvalue weighted by Gasteiger charge is -2.12. The van der Waals surface area contributed by atoms with Crippen molar-refractivity contribution in [3.63, 3.8) is 0 Å². The minimum Gasteiger partial charge on any atom is -0.465 e. The number of rotatable bonds is 2. The first-order valence-corrected chi connectivity index (χ1v) is 8.09. The van der Waals surface area contributed by atoms with Crippen molar-refractivity contribution in [2.24, 2.45) is 0 Å². The average molecular weight is 298 g/mol. The van der Waals surface area contributed by atoms with Gasteiger partial charge in [0, 0.05) is 12.8 Å². The van der Waals surface area contributed by atoms with E-state index in [-0.39, 0.29) is 11.9 Å². The second kappa shape index (κ2) is 9.04. The largest absolute Gasteiger partial charge is 0.465 e. The Morgan fingerprint density at radius 1 is 0.864 bits per heavy atom. The van der Waals surface area contributed by atoms with E-state index < -0.39 is 0 Å². The quantitative estimate of drug-likeness (QED) is 0.692. The molecule has 2 heteroatoms. The van der Waals surface area contributed by atoms with E-state index >= 15 is 0 Å². The molecule has 1 aliphatic carbocycles. The molecule has 0 bridgehead atoms. The molecule has 22 heavy (non-hydrogen) atoms. The maximum absolute atomic E-state index is 11.0. The molecular formula is C20H26O2. The van der Waals surface area contributed by atoms with Crippen molar-refractivity contribution in [3.05, 3.63) is 59.7 Å². The van der Waals surface area contributed by atoms with Gasteiger partial charge in [-0.1, -0.05) is 76.2 Å². The normalized spacial score (nSPS) is 11.1. The van der Waals surface area contributed by atoms with Crippen LogP contribution in [0.2, 0.25) is 0 Å². The average Bonchev–Trinajstić information content (AvgIpc) is 2.91. The topological polar surface area (TPSA) is 26.3 Å². The maximum atomic E-state index is 11.0. The Labute approximate surface area is 134 Å². The maximum Gasteiger partial charge on any atom is 0.302 e. The minimum atomic E-state index is -0.225. The summed E-state index contributed by atoms with van der Waals surface area (Å²) in [5, 5.41) is 0. The highest BCUT2D eigenvalue weighted by Gasteiger charge is 2.28. The zero-order valence-electron chi connectivity index (χ0n) is 14.2. The molecule has 0 N–H and O–H groups in total. The number of carbonyl (C=O) groups is 1. The summed E-state index contributed by atoms with van der Waals surface area (Å²) >= 11 is 0. The Hall–Kier alpha value is -2.09. The third kappa shape index (κ3) is 3.76. The van der Waals surface area contributed by atoms with E-state index in [1.165, 1.54) is 29.2 Å². The molecule has 0 spiro atoms. The van der Waals surface area contributed by atoms with Gasteiger partial charge in [-0.15, -0.1) is 0 Å². The summed E-state index contributed by atoms with van der Waals surface area (Å²) < 4.78 is 5.20. The zero-order chi connectivity index (χ0) is 16.5. The molecule has 0 radical (unpaired) electrons. The first kappa shape index (κ1) is 18.0. The fourth-order valence-electron chi connectivity index (χ4n) is 2.64. The lowest BCUT2D eigenvalue weighted by molar-refractivity contribution is -0.141. The van der Waals surface area contributed by atoms with Crippen molar-refractivity contribution in [1.82, 2.24) is 0 Å². The SMILES string of the molecule is CC.CC.CC(=O)OCC1c2ccccc2-c2ccccc21.